The lowest BCUT2D eigenvalue weighted by Gasteiger charge is -2.04. The third-order valence-corrected chi connectivity index (χ3v) is 2.98. The zero-order chi connectivity index (χ0) is 15.6. The molecule has 2 N–H and O–H groups in total. The Morgan fingerprint density at radius 3 is 2.71 bits per heavy atom. The molecule has 0 unspecified atom stereocenters. The number of halogens is 1. The van der Waals surface area contributed by atoms with Crippen molar-refractivity contribution < 1.29 is 9.72 Å². The SMILES string of the molecule is CC(C)c1nc(C(=O)Nc2ccc([N+](=O)[O-])cc2Cl)n[nH]1. The molecule has 1 aromatic carbocycles. The predicted molar refractivity (Wildman–Crippen MR) is 76.5 cm³/mol. The number of aromatic nitrogens is 3. The molecule has 9 heteroatoms. The lowest BCUT2D eigenvalue weighted by Crippen LogP contribution is -2.14. The number of carbonyl (C=O) groups excluding carboxylic acids is 1. The molecule has 2 aromatic rings. The number of carbonyl (C=O) groups is 1. The van der Waals surface area contributed by atoms with Gasteiger partial charge in [-0.3, -0.25) is 20.0 Å². The van der Waals surface area contributed by atoms with Gasteiger partial charge in [0.25, 0.3) is 11.6 Å². The van der Waals surface area contributed by atoms with E-state index in [1.165, 1.54) is 12.1 Å². The van der Waals surface area contributed by atoms with Gasteiger partial charge in [0.2, 0.25) is 5.82 Å². The third-order valence-electron chi connectivity index (χ3n) is 2.66. The molecule has 0 bridgehead atoms. The number of nitrogens with one attached hydrogen (secondary N) is 2. The number of nitrogens with zero attached hydrogens (tertiary/aromatic N) is 3. The molecule has 2 rings (SSSR count). The van der Waals surface area contributed by atoms with E-state index < -0.39 is 10.8 Å². The number of amides is 1. The van der Waals surface area contributed by atoms with Crippen LogP contribution in [0.4, 0.5) is 11.4 Å². The molecule has 0 aliphatic rings. The molecule has 0 spiro atoms. The highest BCUT2D eigenvalue weighted by atomic mass is 35.5. The molecule has 0 atom stereocenters. The summed E-state index contributed by atoms with van der Waals surface area (Å²) in [5.74, 6) is 0.138. The van der Waals surface area contributed by atoms with E-state index in [-0.39, 0.29) is 28.1 Å². The van der Waals surface area contributed by atoms with E-state index in [9.17, 15) is 14.9 Å². The number of nitro groups is 1. The molecule has 21 heavy (non-hydrogen) atoms. The summed E-state index contributed by atoms with van der Waals surface area (Å²) >= 11 is 5.89. The smallest absolute Gasteiger partial charge is 0.295 e. The number of anilines is 1. The van der Waals surface area contributed by atoms with Crippen LogP contribution >= 0.6 is 11.6 Å². The van der Waals surface area contributed by atoms with Gasteiger partial charge in [0, 0.05) is 18.1 Å². The first-order valence-corrected chi connectivity index (χ1v) is 6.44. The Labute approximate surface area is 124 Å². The van der Waals surface area contributed by atoms with Gasteiger partial charge in [-0.15, -0.1) is 5.10 Å². The summed E-state index contributed by atoms with van der Waals surface area (Å²) in [4.78, 5) is 26.1. The van der Waals surface area contributed by atoms with Crippen molar-refractivity contribution in [2.45, 2.75) is 19.8 Å². The molecule has 1 amide bonds. The van der Waals surface area contributed by atoms with Crippen LogP contribution in [0.2, 0.25) is 5.02 Å². The van der Waals surface area contributed by atoms with Gasteiger partial charge in [-0.2, -0.15) is 0 Å². The van der Waals surface area contributed by atoms with Crippen molar-refractivity contribution in [2.75, 3.05) is 5.32 Å². The fourth-order valence-electron chi connectivity index (χ4n) is 1.53. The lowest BCUT2D eigenvalue weighted by atomic mass is 10.2. The summed E-state index contributed by atoms with van der Waals surface area (Å²) < 4.78 is 0. The monoisotopic (exact) mass is 309 g/mol. The molecule has 0 fully saturated rings. The van der Waals surface area contributed by atoms with Crippen LogP contribution in [0.1, 0.15) is 36.2 Å². The molecular weight excluding hydrogens is 298 g/mol. The number of aromatic amines is 1. The summed E-state index contributed by atoms with van der Waals surface area (Å²) in [6.07, 6.45) is 0. The number of nitro benzene ring substituents is 1. The largest absolute Gasteiger partial charge is 0.318 e. The average molecular weight is 310 g/mol. The van der Waals surface area contributed by atoms with Gasteiger partial charge in [0.15, 0.2) is 0 Å². The van der Waals surface area contributed by atoms with Gasteiger partial charge in [-0.1, -0.05) is 25.4 Å². The van der Waals surface area contributed by atoms with Crippen LogP contribution in [-0.4, -0.2) is 26.0 Å². The zero-order valence-electron chi connectivity index (χ0n) is 11.3. The standard InChI is InChI=1S/C12H12ClN5O3/c1-6(2)10-15-11(17-16-10)12(19)14-9-4-3-7(18(20)21)5-8(9)13/h3-6H,1-2H3,(H,14,19)(H,15,16,17). The zero-order valence-corrected chi connectivity index (χ0v) is 12.0. The van der Waals surface area contributed by atoms with E-state index in [2.05, 4.69) is 20.5 Å². The normalized spacial score (nSPS) is 10.7. The predicted octanol–water partition coefficient (Wildman–Crippen LogP) is 2.74. The number of benzene rings is 1. The van der Waals surface area contributed by atoms with Crippen molar-refractivity contribution in [1.82, 2.24) is 15.2 Å². The van der Waals surface area contributed by atoms with Crippen LogP contribution in [0.25, 0.3) is 0 Å². The Morgan fingerprint density at radius 2 is 2.19 bits per heavy atom. The molecule has 1 heterocycles. The number of hydrogen-bond donors (Lipinski definition) is 2. The van der Waals surface area contributed by atoms with E-state index in [1.54, 1.807) is 0 Å². The minimum absolute atomic E-state index is 0.0203. The highest BCUT2D eigenvalue weighted by Gasteiger charge is 2.16. The van der Waals surface area contributed by atoms with Crippen LogP contribution in [0.15, 0.2) is 18.2 Å². The number of H-pyrrole nitrogens is 1. The summed E-state index contributed by atoms with van der Waals surface area (Å²) in [7, 11) is 0. The van der Waals surface area contributed by atoms with Crippen LogP contribution in [-0.2, 0) is 0 Å². The molecule has 0 aliphatic carbocycles. The van der Waals surface area contributed by atoms with Crippen LogP contribution in [0.3, 0.4) is 0 Å². The van der Waals surface area contributed by atoms with Crippen LogP contribution in [0.5, 0.6) is 0 Å². The molecule has 110 valence electrons. The average Bonchev–Trinajstić information content (AvgIpc) is 2.90. The van der Waals surface area contributed by atoms with Crippen molar-refractivity contribution >= 4 is 28.9 Å². The molecule has 1 aromatic heterocycles. The van der Waals surface area contributed by atoms with Crippen molar-refractivity contribution in [3.8, 4) is 0 Å². The highest BCUT2D eigenvalue weighted by Crippen LogP contribution is 2.26. The second-order valence-corrected chi connectivity index (χ2v) is 4.98. The molecule has 8 nitrogen and oxygen atoms in total. The number of non-ortho nitro benzene ring substituents is 1. The van der Waals surface area contributed by atoms with Crippen molar-refractivity contribution in [3.05, 3.63) is 45.0 Å². The third kappa shape index (κ3) is 3.34. The summed E-state index contributed by atoms with van der Waals surface area (Å²) in [5.41, 5.74) is 0.0983. The highest BCUT2D eigenvalue weighted by molar-refractivity contribution is 6.34. The first-order valence-electron chi connectivity index (χ1n) is 6.06. The fourth-order valence-corrected chi connectivity index (χ4v) is 1.75. The Kier molecular flexibility index (Phi) is 4.18. The van der Waals surface area contributed by atoms with E-state index in [0.29, 0.717) is 5.82 Å². The Hall–Kier alpha value is -2.48. The summed E-state index contributed by atoms with van der Waals surface area (Å²) in [6.45, 7) is 3.82. The van der Waals surface area contributed by atoms with Gasteiger partial charge in [0.05, 0.1) is 15.6 Å². The minimum Gasteiger partial charge on any atom is -0.318 e. The maximum Gasteiger partial charge on any atom is 0.295 e. The van der Waals surface area contributed by atoms with E-state index >= 15 is 0 Å². The van der Waals surface area contributed by atoms with Crippen LogP contribution in [0, 0.1) is 10.1 Å². The van der Waals surface area contributed by atoms with Crippen LogP contribution < -0.4 is 5.32 Å². The van der Waals surface area contributed by atoms with Gasteiger partial charge >= 0.3 is 0 Å². The Bertz CT molecular complexity index is 698. The van der Waals surface area contributed by atoms with E-state index in [4.69, 9.17) is 11.6 Å². The maximum atomic E-state index is 12.0. The first-order chi connectivity index (χ1) is 9.88. The van der Waals surface area contributed by atoms with Gasteiger partial charge < -0.3 is 5.32 Å². The quantitative estimate of drug-likeness (QED) is 0.665. The maximum absolute atomic E-state index is 12.0. The van der Waals surface area contributed by atoms with Crippen molar-refractivity contribution in [3.63, 3.8) is 0 Å². The van der Waals surface area contributed by atoms with E-state index in [1.807, 2.05) is 13.8 Å². The number of hydrogen-bond acceptors (Lipinski definition) is 5. The first kappa shape index (κ1) is 14.9. The lowest BCUT2D eigenvalue weighted by molar-refractivity contribution is -0.384. The minimum atomic E-state index is -0.568. The summed E-state index contributed by atoms with van der Waals surface area (Å²) in [5, 5.41) is 19.7. The Balaban J connectivity index is 2.17. The number of rotatable bonds is 4. The van der Waals surface area contributed by atoms with Gasteiger partial charge in [-0.05, 0) is 6.07 Å². The van der Waals surface area contributed by atoms with Crippen molar-refractivity contribution in [2.24, 2.45) is 0 Å². The van der Waals surface area contributed by atoms with Gasteiger partial charge in [-0.25, -0.2) is 4.98 Å². The summed E-state index contributed by atoms with van der Waals surface area (Å²) in [6, 6.07) is 3.77. The Morgan fingerprint density at radius 1 is 1.48 bits per heavy atom. The van der Waals surface area contributed by atoms with E-state index in [0.717, 1.165) is 6.07 Å². The molecule has 0 saturated heterocycles. The molecule has 0 radical (unpaired) electrons. The molecular formula is C12H12ClN5O3. The van der Waals surface area contributed by atoms with Gasteiger partial charge in [0.1, 0.15) is 5.82 Å². The molecule has 0 saturated carbocycles. The second-order valence-electron chi connectivity index (χ2n) is 4.57. The topological polar surface area (TPSA) is 114 Å². The van der Waals surface area contributed by atoms with Crippen molar-refractivity contribution in [1.29, 1.82) is 0 Å². The molecule has 0 aliphatic heterocycles. The fraction of sp³-hybridized carbons (Fsp3) is 0.250. The second kappa shape index (κ2) is 5.88.